The smallest absolute Gasteiger partial charge is 0.181 e. The van der Waals surface area contributed by atoms with Crippen LogP contribution < -0.4 is 23.7 Å². The third-order valence-electron chi connectivity index (χ3n) is 9.35. The van der Waals surface area contributed by atoms with Gasteiger partial charge in [0.25, 0.3) is 0 Å². The van der Waals surface area contributed by atoms with E-state index in [9.17, 15) is 0 Å². The summed E-state index contributed by atoms with van der Waals surface area (Å²) in [7, 11) is 0. The third-order valence-corrected chi connectivity index (χ3v) is 9.35. The highest BCUT2D eigenvalue weighted by molar-refractivity contribution is 5.70. The number of fused-ring (bicyclic) bond motifs is 1. The van der Waals surface area contributed by atoms with Crippen LogP contribution >= 0.6 is 0 Å². The Bertz CT molecular complexity index is 2330. The molecule has 1 heterocycles. The van der Waals surface area contributed by atoms with Crippen molar-refractivity contribution in [3.63, 3.8) is 0 Å². The zero-order valence-electron chi connectivity index (χ0n) is 33.0. The zero-order chi connectivity index (χ0) is 39.8. The summed E-state index contributed by atoms with van der Waals surface area (Å²) in [4.78, 5) is 0. The molecule has 0 N–H and O–H groups in total. The maximum Gasteiger partial charge on any atom is 0.181 e. The van der Waals surface area contributed by atoms with Gasteiger partial charge in [0.05, 0.1) is 5.56 Å². The maximum atomic E-state index is 6.94. The van der Waals surface area contributed by atoms with Crippen molar-refractivity contribution < 1.29 is 28.4 Å². The molecule has 8 rings (SSSR count). The summed E-state index contributed by atoms with van der Waals surface area (Å²) in [5.74, 6) is 3.75. The van der Waals surface area contributed by atoms with Crippen LogP contribution in [0.1, 0.15) is 58.9 Å². The van der Waals surface area contributed by atoms with Crippen molar-refractivity contribution in [3.05, 3.63) is 227 Å². The number of hydrogen-bond donors (Lipinski definition) is 0. The minimum absolute atomic E-state index is 0.357. The fourth-order valence-electron chi connectivity index (χ4n) is 6.38. The number of benzene rings is 7. The summed E-state index contributed by atoms with van der Waals surface area (Å²) in [6.45, 7) is 5.90. The van der Waals surface area contributed by atoms with Crippen molar-refractivity contribution in [1.82, 2.24) is 0 Å². The first-order chi connectivity index (χ1) is 28.7. The quantitative estimate of drug-likeness (QED) is 0.0976. The molecule has 58 heavy (non-hydrogen) atoms. The van der Waals surface area contributed by atoms with Crippen LogP contribution in [0.25, 0.3) is 6.08 Å². The third kappa shape index (κ3) is 10.7. The lowest BCUT2D eigenvalue weighted by Crippen LogP contribution is -2.18. The van der Waals surface area contributed by atoms with Crippen LogP contribution in [-0.4, -0.2) is 0 Å². The second-order valence-corrected chi connectivity index (χ2v) is 13.5. The predicted octanol–water partition coefficient (Wildman–Crippen LogP) is 12.7. The number of hydrogen-bond acceptors (Lipinski definition) is 6. The van der Waals surface area contributed by atoms with Gasteiger partial charge in [-0.1, -0.05) is 172 Å². The van der Waals surface area contributed by atoms with Crippen LogP contribution in [0.4, 0.5) is 0 Å². The molecule has 0 amide bonds. The Hall–Kier alpha value is -6.92. The second kappa shape index (κ2) is 20.3. The van der Waals surface area contributed by atoms with Gasteiger partial charge >= 0.3 is 0 Å². The molecule has 7 aromatic carbocycles. The van der Waals surface area contributed by atoms with E-state index in [1.54, 1.807) is 0 Å². The Labute approximate surface area is 341 Å². The lowest BCUT2D eigenvalue weighted by molar-refractivity contribution is 0.106. The highest BCUT2D eigenvalue weighted by Crippen LogP contribution is 2.46. The van der Waals surface area contributed by atoms with Crippen molar-refractivity contribution in [2.24, 2.45) is 0 Å². The molecule has 0 saturated heterocycles. The minimum Gasteiger partial charge on any atom is -0.489 e. The number of rotatable bonds is 16. The van der Waals surface area contributed by atoms with E-state index < -0.39 is 6.10 Å². The van der Waals surface area contributed by atoms with Gasteiger partial charge in [-0.3, -0.25) is 0 Å². The minimum atomic E-state index is -0.611. The SMILES string of the molecule is C1=C(OCc2ccccc2)C(c2ccc(OCc3ccccc3)c(OCc3ccccc3)c2)Oc2cc(OCc3ccccc3)cc(OCc3ccccc3)c21.CC. The van der Waals surface area contributed by atoms with Gasteiger partial charge in [-0.15, -0.1) is 0 Å². The average Bonchev–Trinajstić information content (AvgIpc) is 3.30. The topological polar surface area (TPSA) is 55.4 Å². The van der Waals surface area contributed by atoms with Crippen molar-refractivity contribution in [1.29, 1.82) is 0 Å². The van der Waals surface area contributed by atoms with Crippen LogP contribution in [0.3, 0.4) is 0 Å². The van der Waals surface area contributed by atoms with E-state index in [-0.39, 0.29) is 0 Å². The van der Waals surface area contributed by atoms with Crippen LogP contribution in [-0.2, 0) is 37.8 Å². The van der Waals surface area contributed by atoms with Crippen molar-refractivity contribution in [2.75, 3.05) is 0 Å². The van der Waals surface area contributed by atoms with Gasteiger partial charge in [-0.25, -0.2) is 0 Å². The van der Waals surface area contributed by atoms with Gasteiger partial charge in [0.1, 0.15) is 56.0 Å². The lowest BCUT2D eigenvalue weighted by Gasteiger charge is -2.29. The molecule has 0 fully saturated rings. The molecule has 1 aliphatic heterocycles. The fraction of sp³-hybridized carbons (Fsp3) is 0.154. The Balaban J connectivity index is 0.00000252. The van der Waals surface area contributed by atoms with E-state index in [0.717, 1.165) is 38.9 Å². The molecule has 6 heteroatoms. The largest absolute Gasteiger partial charge is 0.489 e. The van der Waals surface area contributed by atoms with E-state index >= 15 is 0 Å². The lowest BCUT2D eigenvalue weighted by atomic mass is 10.0. The first-order valence-corrected chi connectivity index (χ1v) is 19.8. The fourth-order valence-corrected chi connectivity index (χ4v) is 6.38. The van der Waals surface area contributed by atoms with E-state index in [1.165, 1.54) is 0 Å². The van der Waals surface area contributed by atoms with Gasteiger partial charge in [0.2, 0.25) is 0 Å². The molecule has 0 bridgehead atoms. The van der Waals surface area contributed by atoms with Crippen LogP contribution in [0.5, 0.6) is 28.7 Å². The second-order valence-electron chi connectivity index (χ2n) is 13.5. The van der Waals surface area contributed by atoms with Gasteiger partial charge in [0, 0.05) is 17.7 Å². The summed E-state index contributed by atoms with van der Waals surface area (Å²) in [6.07, 6.45) is 1.41. The van der Waals surface area contributed by atoms with Crippen molar-refractivity contribution in [2.45, 2.75) is 53.0 Å². The standard InChI is InChI=1S/C50H42O6.C2H6/c1-6-16-37(17-7-1)32-51-43-29-46(53-34-39-20-10-3-11-21-39)44-31-49(55-36-41-24-14-5-15-25-41)50(56-47(44)30-43)42-26-27-45(52-33-38-18-8-2-9-19-38)48(28-42)54-35-40-22-12-4-13-23-40;1-2/h1-31,50H,32-36H2;1-2H3. The Kier molecular flexibility index (Phi) is 13.8. The summed E-state index contributed by atoms with van der Waals surface area (Å²) < 4.78 is 39.3. The van der Waals surface area contributed by atoms with Gasteiger partial charge in [-0.05, 0) is 46.0 Å². The maximum absolute atomic E-state index is 6.94. The number of ether oxygens (including phenoxy) is 6. The van der Waals surface area contributed by atoms with Crippen LogP contribution in [0.15, 0.2) is 188 Å². The van der Waals surface area contributed by atoms with E-state index in [4.69, 9.17) is 28.4 Å². The molecule has 292 valence electrons. The monoisotopic (exact) mass is 768 g/mol. The summed E-state index contributed by atoms with van der Waals surface area (Å²) >= 11 is 0. The highest BCUT2D eigenvalue weighted by Gasteiger charge is 2.30. The first kappa shape index (κ1) is 39.3. The van der Waals surface area contributed by atoms with E-state index in [2.05, 4.69) is 0 Å². The average molecular weight is 769 g/mol. The molecule has 7 aromatic rings. The first-order valence-electron chi connectivity index (χ1n) is 19.8. The molecule has 0 aliphatic carbocycles. The van der Waals surface area contributed by atoms with Crippen LogP contribution in [0, 0.1) is 0 Å². The molecule has 6 nitrogen and oxygen atoms in total. The molecule has 1 aliphatic rings. The highest BCUT2D eigenvalue weighted by atomic mass is 16.5. The van der Waals surface area contributed by atoms with E-state index in [0.29, 0.717) is 67.5 Å². The molecule has 0 saturated carbocycles. The van der Waals surface area contributed by atoms with E-state index in [1.807, 2.05) is 202 Å². The zero-order valence-corrected chi connectivity index (χ0v) is 33.0. The molecule has 0 aromatic heterocycles. The molecule has 1 atom stereocenters. The Morgan fingerprint density at radius 1 is 0.397 bits per heavy atom. The summed E-state index contributed by atoms with van der Waals surface area (Å²) in [5, 5.41) is 0. The van der Waals surface area contributed by atoms with Gasteiger partial charge < -0.3 is 28.4 Å². The summed E-state index contributed by atoms with van der Waals surface area (Å²) in [5.41, 5.74) is 6.88. The molecular weight excluding hydrogens is 721 g/mol. The van der Waals surface area contributed by atoms with Gasteiger partial charge in [-0.2, -0.15) is 0 Å². The molecule has 0 radical (unpaired) electrons. The molecule has 0 spiro atoms. The molecular formula is C52H48O6. The Morgan fingerprint density at radius 2 is 0.810 bits per heavy atom. The Morgan fingerprint density at radius 3 is 1.29 bits per heavy atom. The van der Waals surface area contributed by atoms with Crippen LogP contribution in [0.2, 0.25) is 0 Å². The van der Waals surface area contributed by atoms with Crippen molar-refractivity contribution in [3.8, 4) is 28.7 Å². The normalized spacial score (nSPS) is 12.7. The molecule has 1 unspecified atom stereocenters. The van der Waals surface area contributed by atoms with Crippen molar-refractivity contribution >= 4 is 6.08 Å². The summed E-state index contributed by atoms with van der Waals surface area (Å²) in [6, 6.07) is 60.3. The van der Waals surface area contributed by atoms with Gasteiger partial charge in [0.15, 0.2) is 17.6 Å². The predicted molar refractivity (Wildman–Crippen MR) is 230 cm³/mol.